The van der Waals surface area contributed by atoms with Gasteiger partial charge in [-0.2, -0.15) is 0 Å². The first kappa shape index (κ1) is 20.3. The second-order valence-corrected chi connectivity index (χ2v) is 5.29. The summed E-state index contributed by atoms with van der Waals surface area (Å²) in [5.74, 6) is -0.304. The van der Waals surface area contributed by atoms with Gasteiger partial charge in [-0.1, -0.05) is 50.6 Å². The average molecular weight is 307 g/mol. The summed E-state index contributed by atoms with van der Waals surface area (Å²) in [7, 11) is 0. The van der Waals surface area contributed by atoms with Crippen molar-refractivity contribution in [2.45, 2.75) is 65.0 Å². The summed E-state index contributed by atoms with van der Waals surface area (Å²) in [6.07, 6.45) is 14.5. The molecule has 2 amide bonds. The minimum atomic E-state index is -0.304. The van der Waals surface area contributed by atoms with Gasteiger partial charge in [-0.3, -0.25) is 14.5 Å². The van der Waals surface area contributed by atoms with Crippen LogP contribution < -0.4 is 0 Å². The molecule has 0 saturated heterocycles. The highest BCUT2D eigenvalue weighted by Gasteiger charge is 2.26. The SMILES string of the molecule is CCC.C\C=C/C=C\C=C\C(=O)N(C=O)C1CCC(O)CC1. The molecule has 4 nitrogen and oxygen atoms in total. The van der Waals surface area contributed by atoms with Crippen molar-refractivity contribution in [1.29, 1.82) is 0 Å². The standard InChI is InChI=1S/C15H21NO3.C3H8/c1-2-3-4-5-6-7-15(19)16(12-17)13-8-10-14(18)11-9-13;1-3-2/h2-7,12-14,18H,8-11H2,1H3;3H2,1-2H3/b3-2-,5-4-,7-6+;. The molecule has 0 aromatic heterocycles. The molecular weight excluding hydrogens is 278 g/mol. The van der Waals surface area contributed by atoms with Gasteiger partial charge in [0.2, 0.25) is 6.41 Å². The molecule has 1 N–H and O–H groups in total. The lowest BCUT2D eigenvalue weighted by molar-refractivity contribution is -0.138. The van der Waals surface area contributed by atoms with Gasteiger partial charge in [-0.15, -0.1) is 0 Å². The van der Waals surface area contributed by atoms with E-state index >= 15 is 0 Å². The molecule has 1 fully saturated rings. The van der Waals surface area contributed by atoms with Crippen molar-refractivity contribution in [3.63, 3.8) is 0 Å². The van der Waals surface area contributed by atoms with E-state index in [1.54, 1.807) is 12.2 Å². The Bertz CT molecular complexity index is 391. The lowest BCUT2D eigenvalue weighted by Crippen LogP contribution is -2.41. The van der Waals surface area contributed by atoms with E-state index in [9.17, 15) is 14.7 Å². The summed E-state index contributed by atoms with van der Waals surface area (Å²) in [6.45, 7) is 6.16. The molecule has 0 unspecified atom stereocenters. The molecule has 0 aliphatic heterocycles. The average Bonchev–Trinajstić information content (AvgIpc) is 2.50. The van der Waals surface area contributed by atoms with Crippen molar-refractivity contribution >= 4 is 12.3 Å². The van der Waals surface area contributed by atoms with Crippen LogP contribution in [0.25, 0.3) is 0 Å². The molecule has 0 spiro atoms. The number of imide groups is 1. The quantitative estimate of drug-likeness (QED) is 0.481. The zero-order valence-electron chi connectivity index (χ0n) is 13.9. The molecular formula is C18H29NO3. The Morgan fingerprint density at radius 3 is 2.14 bits per heavy atom. The number of aliphatic hydroxyl groups is 1. The van der Waals surface area contributed by atoms with Crippen molar-refractivity contribution in [1.82, 2.24) is 4.90 Å². The molecule has 0 atom stereocenters. The number of allylic oxidation sites excluding steroid dienone is 5. The maximum atomic E-state index is 11.9. The summed E-state index contributed by atoms with van der Waals surface area (Å²) < 4.78 is 0. The van der Waals surface area contributed by atoms with E-state index in [2.05, 4.69) is 13.8 Å². The molecule has 22 heavy (non-hydrogen) atoms. The third-order valence-corrected chi connectivity index (χ3v) is 3.19. The predicted molar refractivity (Wildman–Crippen MR) is 90.2 cm³/mol. The highest BCUT2D eigenvalue weighted by atomic mass is 16.3. The molecule has 0 aromatic carbocycles. The Morgan fingerprint density at radius 2 is 1.64 bits per heavy atom. The molecule has 0 heterocycles. The van der Waals surface area contributed by atoms with Crippen LogP contribution in [0.3, 0.4) is 0 Å². The lowest BCUT2D eigenvalue weighted by atomic mass is 9.92. The zero-order chi connectivity index (χ0) is 16.8. The number of carbonyl (C=O) groups is 2. The molecule has 124 valence electrons. The van der Waals surface area contributed by atoms with E-state index in [4.69, 9.17) is 0 Å². The summed E-state index contributed by atoms with van der Waals surface area (Å²) in [5.41, 5.74) is 0. The second-order valence-electron chi connectivity index (χ2n) is 5.29. The molecule has 1 aliphatic rings. The van der Waals surface area contributed by atoms with Crippen LogP contribution in [-0.2, 0) is 9.59 Å². The van der Waals surface area contributed by atoms with E-state index in [1.165, 1.54) is 17.4 Å². The first-order chi connectivity index (χ1) is 10.6. The number of carbonyl (C=O) groups excluding carboxylic acids is 2. The van der Waals surface area contributed by atoms with Crippen LogP contribution in [0.1, 0.15) is 52.9 Å². The van der Waals surface area contributed by atoms with Gasteiger partial charge in [0, 0.05) is 12.1 Å². The van der Waals surface area contributed by atoms with Crippen LogP contribution in [0.2, 0.25) is 0 Å². The van der Waals surface area contributed by atoms with Crippen LogP contribution >= 0.6 is 0 Å². The van der Waals surface area contributed by atoms with Gasteiger partial charge in [-0.05, 0) is 32.6 Å². The molecule has 1 aliphatic carbocycles. The second kappa shape index (κ2) is 13.0. The first-order valence-electron chi connectivity index (χ1n) is 8.02. The number of amides is 2. The minimum absolute atomic E-state index is 0.0856. The van der Waals surface area contributed by atoms with Crippen LogP contribution in [0.15, 0.2) is 36.5 Å². The maximum absolute atomic E-state index is 11.9. The fraction of sp³-hybridized carbons (Fsp3) is 0.556. The summed E-state index contributed by atoms with van der Waals surface area (Å²) >= 11 is 0. The van der Waals surface area contributed by atoms with E-state index in [-0.39, 0.29) is 18.1 Å². The van der Waals surface area contributed by atoms with Crippen LogP contribution in [-0.4, -0.2) is 34.5 Å². The minimum Gasteiger partial charge on any atom is -0.393 e. The first-order valence-corrected chi connectivity index (χ1v) is 8.02. The Morgan fingerprint density at radius 1 is 1.09 bits per heavy atom. The number of hydrogen-bond donors (Lipinski definition) is 1. The highest BCUT2D eigenvalue weighted by molar-refractivity contribution is 5.95. The molecule has 1 rings (SSSR count). The Balaban J connectivity index is 0.00000135. The highest BCUT2D eigenvalue weighted by Crippen LogP contribution is 2.22. The van der Waals surface area contributed by atoms with Crippen molar-refractivity contribution < 1.29 is 14.7 Å². The third kappa shape index (κ3) is 8.57. The van der Waals surface area contributed by atoms with Gasteiger partial charge < -0.3 is 5.11 Å². The zero-order valence-corrected chi connectivity index (χ0v) is 13.9. The molecule has 0 bridgehead atoms. The molecule has 1 saturated carbocycles. The Kier molecular flexibility index (Phi) is 12.0. The maximum Gasteiger partial charge on any atom is 0.253 e. The van der Waals surface area contributed by atoms with Gasteiger partial charge >= 0.3 is 0 Å². The van der Waals surface area contributed by atoms with Crippen molar-refractivity contribution in [3.05, 3.63) is 36.5 Å². The van der Waals surface area contributed by atoms with Crippen molar-refractivity contribution in [2.75, 3.05) is 0 Å². The third-order valence-electron chi connectivity index (χ3n) is 3.19. The smallest absolute Gasteiger partial charge is 0.253 e. The van der Waals surface area contributed by atoms with E-state index in [0.29, 0.717) is 32.1 Å². The fourth-order valence-corrected chi connectivity index (χ4v) is 2.12. The Hall–Kier alpha value is -1.68. The summed E-state index contributed by atoms with van der Waals surface area (Å²) in [6, 6.07) is -0.0856. The topological polar surface area (TPSA) is 57.6 Å². The number of nitrogens with zero attached hydrogens (tertiary/aromatic N) is 1. The summed E-state index contributed by atoms with van der Waals surface area (Å²) in [5, 5.41) is 9.42. The van der Waals surface area contributed by atoms with Crippen molar-refractivity contribution in [2.24, 2.45) is 0 Å². The van der Waals surface area contributed by atoms with Gasteiger partial charge in [-0.25, -0.2) is 0 Å². The van der Waals surface area contributed by atoms with Gasteiger partial charge in [0.1, 0.15) is 0 Å². The van der Waals surface area contributed by atoms with Crippen LogP contribution in [0.4, 0.5) is 0 Å². The van der Waals surface area contributed by atoms with E-state index < -0.39 is 0 Å². The number of aliphatic hydroxyl groups excluding tert-OH is 1. The van der Waals surface area contributed by atoms with Crippen LogP contribution in [0.5, 0.6) is 0 Å². The molecule has 0 aromatic rings. The molecule has 4 heteroatoms. The Labute approximate surface area is 134 Å². The number of rotatable bonds is 5. The predicted octanol–water partition coefficient (Wildman–Crippen LogP) is 3.38. The normalized spacial score (nSPS) is 21.8. The van der Waals surface area contributed by atoms with Crippen molar-refractivity contribution in [3.8, 4) is 0 Å². The van der Waals surface area contributed by atoms with E-state index in [1.807, 2.05) is 25.2 Å². The van der Waals surface area contributed by atoms with Crippen LogP contribution in [0, 0.1) is 0 Å². The fourth-order valence-electron chi connectivity index (χ4n) is 2.12. The monoisotopic (exact) mass is 307 g/mol. The number of hydrogen-bond acceptors (Lipinski definition) is 3. The van der Waals surface area contributed by atoms with Gasteiger partial charge in [0.05, 0.1) is 6.10 Å². The summed E-state index contributed by atoms with van der Waals surface area (Å²) in [4.78, 5) is 24.2. The molecule has 0 radical (unpaired) electrons. The van der Waals surface area contributed by atoms with Gasteiger partial charge in [0.25, 0.3) is 5.91 Å². The van der Waals surface area contributed by atoms with Gasteiger partial charge in [0.15, 0.2) is 0 Å². The lowest BCUT2D eigenvalue weighted by Gasteiger charge is -2.31. The largest absolute Gasteiger partial charge is 0.393 e. The van der Waals surface area contributed by atoms with E-state index in [0.717, 1.165) is 0 Å².